The van der Waals surface area contributed by atoms with Gasteiger partial charge in [-0.1, -0.05) is 0 Å². The number of carbonyl (C=O) groups is 1. The van der Waals surface area contributed by atoms with Gasteiger partial charge in [0, 0.05) is 41.3 Å². The second kappa shape index (κ2) is 5.53. The smallest absolute Gasteiger partial charge is 0.254 e. The van der Waals surface area contributed by atoms with Crippen LogP contribution in [0, 0.1) is 13.8 Å². The lowest BCUT2D eigenvalue weighted by molar-refractivity contribution is 0.0704. The number of aromatic amines is 1. The number of likely N-dealkylation sites (N-methyl/N-ethyl adjacent to an activating group) is 1. The molecule has 1 saturated heterocycles. The number of nitrogens with one attached hydrogen (secondary N) is 2. The summed E-state index contributed by atoms with van der Waals surface area (Å²) in [5.41, 5.74) is 4.29. The Morgan fingerprint density at radius 3 is 2.86 bits per heavy atom. The number of rotatable bonds is 3. The maximum Gasteiger partial charge on any atom is 0.254 e. The summed E-state index contributed by atoms with van der Waals surface area (Å²) < 4.78 is 0. The van der Waals surface area contributed by atoms with Crippen molar-refractivity contribution in [3.8, 4) is 0 Å². The number of amides is 1. The van der Waals surface area contributed by atoms with E-state index in [0.717, 1.165) is 42.5 Å². The molecule has 2 N–H and O–H groups in total. The van der Waals surface area contributed by atoms with Crippen molar-refractivity contribution in [1.82, 2.24) is 15.2 Å². The molecule has 112 valence electrons. The van der Waals surface area contributed by atoms with Gasteiger partial charge in [0.1, 0.15) is 0 Å². The monoisotopic (exact) mass is 285 g/mol. The van der Waals surface area contributed by atoms with Gasteiger partial charge in [-0.2, -0.15) is 0 Å². The van der Waals surface area contributed by atoms with Crippen LogP contribution in [0.4, 0.5) is 0 Å². The predicted molar refractivity (Wildman–Crippen MR) is 85.8 cm³/mol. The molecule has 1 fully saturated rings. The van der Waals surface area contributed by atoms with Gasteiger partial charge in [-0.3, -0.25) is 4.79 Å². The quantitative estimate of drug-likeness (QED) is 0.910. The van der Waals surface area contributed by atoms with E-state index in [1.807, 2.05) is 23.1 Å². The van der Waals surface area contributed by atoms with Gasteiger partial charge in [-0.05, 0) is 57.5 Å². The number of fused-ring (bicyclic) bond motifs is 1. The van der Waals surface area contributed by atoms with Crippen LogP contribution in [0.1, 0.15) is 35.0 Å². The van der Waals surface area contributed by atoms with Crippen LogP contribution in [0.15, 0.2) is 18.2 Å². The Morgan fingerprint density at radius 1 is 1.38 bits per heavy atom. The summed E-state index contributed by atoms with van der Waals surface area (Å²) in [7, 11) is 0. The molecular weight excluding hydrogens is 262 g/mol. The normalized spacial score (nSPS) is 18.3. The average molecular weight is 285 g/mol. The van der Waals surface area contributed by atoms with Crippen LogP contribution in [-0.2, 0) is 0 Å². The van der Waals surface area contributed by atoms with Gasteiger partial charge in [-0.25, -0.2) is 0 Å². The first-order valence-electron chi connectivity index (χ1n) is 7.72. The molecule has 0 spiro atoms. The molecule has 21 heavy (non-hydrogen) atoms. The van der Waals surface area contributed by atoms with Crippen molar-refractivity contribution >= 4 is 16.8 Å². The van der Waals surface area contributed by atoms with Crippen LogP contribution >= 0.6 is 0 Å². The molecule has 1 aliphatic rings. The summed E-state index contributed by atoms with van der Waals surface area (Å²) in [6, 6.07) is 6.31. The molecule has 0 bridgehead atoms. The Balaban J connectivity index is 1.94. The average Bonchev–Trinajstić information content (AvgIpc) is 3.09. The van der Waals surface area contributed by atoms with Gasteiger partial charge >= 0.3 is 0 Å². The number of hydrogen-bond acceptors (Lipinski definition) is 2. The standard InChI is InChI=1S/C17H23N3O/c1-4-20(14-7-8-18-10-14)17(21)13-5-6-16-15(9-13)11(2)12(3)19-16/h5-6,9,14,18-19H,4,7-8,10H2,1-3H3. The molecule has 4 heteroatoms. The molecule has 3 rings (SSSR count). The molecule has 1 aliphatic heterocycles. The van der Waals surface area contributed by atoms with Crippen molar-refractivity contribution in [3.05, 3.63) is 35.0 Å². The zero-order valence-corrected chi connectivity index (χ0v) is 13.0. The zero-order valence-electron chi connectivity index (χ0n) is 13.0. The van der Waals surface area contributed by atoms with Gasteiger partial charge < -0.3 is 15.2 Å². The van der Waals surface area contributed by atoms with E-state index in [2.05, 4.69) is 31.1 Å². The van der Waals surface area contributed by atoms with Crippen molar-refractivity contribution in [2.75, 3.05) is 19.6 Å². The lowest BCUT2D eigenvalue weighted by Crippen LogP contribution is -2.41. The summed E-state index contributed by atoms with van der Waals surface area (Å²) in [5.74, 6) is 0.145. The number of aromatic nitrogens is 1. The molecule has 1 aromatic heterocycles. The molecule has 0 saturated carbocycles. The number of nitrogens with zero attached hydrogens (tertiary/aromatic N) is 1. The number of aryl methyl sites for hydroxylation is 2. The van der Waals surface area contributed by atoms with Gasteiger partial charge in [0.05, 0.1) is 0 Å². The van der Waals surface area contributed by atoms with E-state index in [1.165, 1.54) is 11.3 Å². The molecule has 1 atom stereocenters. The fourth-order valence-electron chi connectivity index (χ4n) is 3.23. The number of H-pyrrole nitrogens is 1. The second-order valence-electron chi connectivity index (χ2n) is 5.87. The molecule has 0 radical (unpaired) electrons. The van der Waals surface area contributed by atoms with Crippen molar-refractivity contribution < 1.29 is 4.79 Å². The Kier molecular flexibility index (Phi) is 3.72. The Morgan fingerprint density at radius 2 is 2.19 bits per heavy atom. The fourth-order valence-corrected chi connectivity index (χ4v) is 3.23. The first kappa shape index (κ1) is 14.1. The summed E-state index contributed by atoms with van der Waals surface area (Å²) in [6.45, 7) is 8.89. The molecule has 0 aliphatic carbocycles. The van der Waals surface area contributed by atoms with Crippen molar-refractivity contribution in [1.29, 1.82) is 0 Å². The summed E-state index contributed by atoms with van der Waals surface area (Å²) in [6.07, 6.45) is 1.05. The van der Waals surface area contributed by atoms with E-state index < -0.39 is 0 Å². The van der Waals surface area contributed by atoms with Crippen LogP contribution in [0.3, 0.4) is 0 Å². The first-order chi connectivity index (χ1) is 10.1. The largest absolute Gasteiger partial charge is 0.358 e. The molecular formula is C17H23N3O. The Bertz CT molecular complexity index is 668. The van der Waals surface area contributed by atoms with Crippen molar-refractivity contribution in [2.45, 2.75) is 33.2 Å². The third-order valence-corrected chi connectivity index (χ3v) is 4.63. The third kappa shape index (κ3) is 2.44. The van der Waals surface area contributed by atoms with Crippen LogP contribution in [0.2, 0.25) is 0 Å². The predicted octanol–water partition coefficient (Wildman–Crippen LogP) is 2.61. The van der Waals surface area contributed by atoms with E-state index in [9.17, 15) is 4.79 Å². The number of benzene rings is 1. The highest BCUT2D eigenvalue weighted by Crippen LogP contribution is 2.23. The zero-order chi connectivity index (χ0) is 15.0. The lowest BCUT2D eigenvalue weighted by atomic mass is 10.1. The molecule has 1 amide bonds. The maximum atomic E-state index is 12.8. The minimum Gasteiger partial charge on any atom is -0.358 e. The van der Waals surface area contributed by atoms with Gasteiger partial charge in [-0.15, -0.1) is 0 Å². The van der Waals surface area contributed by atoms with Crippen molar-refractivity contribution in [3.63, 3.8) is 0 Å². The fraction of sp³-hybridized carbons (Fsp3) is 0.471. The Labute approximate surface area is 125 Å². The summed E-state index contributed by atoms with van der Waals surface area (Å²) in [5, 5.41) is 4.49. The van der Waals surface area contributed by atoms with Crippen LogP contribution in [-0.4, -0.2) is 41.5 Å². The summed E-state index contributed by atoms with van der Waals surface area (Å²) >= 11 is 0. The molecule has 2 heterocycles. The molecule has 1 unspecified atom stereocenters. The van der Waals surface area contributed by atoms with Crippen LogP contribution in [0.25, 0.3) is 10.9 Å². The number of carbonyl (C=O) groups excluding carboxylic acids is 1. The Hall–Kier alpha value is -1.81. The van der Waals surface area contributed by atoms with E-state index >= 15 is 0 Å². The van der Waals surface area contributed by atoms with Gasteiger partial charge in [0.2, 0.25) is 0 Å². The van der Waals surface area contributed by atoms with Crippen LogP contribution in [0.5, 0.6) is 0 Å². The topological polar surface area (TPSA) is 48.1 Å². The lowest BCUT2D eigenvalue weighted by Gasteiger charge is -2.27. The number of hydrogen-bond donors (Lipinski definition) is 2. The molecule has 2 aromatic rings. The highest BCUT2D eigenvalue weighted by molar-refractivity contribution is 5.99. The SMILES string of the molecule is CCN(C(=O)c1ccc2[nH]c(C)c(C)c2c1)C1CCNC1. The van der Waals surface area contributed by atoms with E-state index in [0.29, 0.717) is 6.04 Å². The first-order valence-corrected chi connectivity index (χ1v) is 7.72. The minimum atomic E-state index is 0.145. The van der Waals surface area contributed by atoms with Crippen LogP contribution < -0.4 is 5.32 Å². The van der Waals surface area contributed by atoms with E-state index in [4.69, 9.17) is 0 Å². The highest BCUT2D eigenvalue weighted by atomic mass is 16.2. The summed E-state index contributed by atoms with van der Waals surface area (Å²) in [4.78, 5) is 18.2. The highest BCUT2D eigenvalue weighted by Gasteiger charge is 2.26. The maximum absolute atomic E-state index is 12.8. The van der Waals surface area contributed by atoms with E-state index in [1.54, 1.807) is 0 Å². The minimum absolute atomic E-state index is 0.145. The molecule has 1 aromatic carbocycles. The third-order valence-electron chi connectivity index (χ3n) is 4.63. The second-order valence-corrected chi connectivity index (χ2v) is 5.87. The van der Waals surface area contributed by atoms with Crippen molar-refractivity contribution in [2.24, 2.45) is 0 Å². The molecule has 4 nitrogen and oxygen atoms in total. The van der Waals surface area contributed by atoms with Gasteiger partial charge in [0.15, 0.2) is 0 Å². The van der Waals surface area contributed by atoms with E-state index in [-0.39, 0.29) is 5.91 Å². The van der Waals surface area contributed by atoms with Gasteiger partial charge in [0.25, 0.3) is 5.91 Å².